The van der Waals surface area contributed by atoms with Crippen LogP contribution in [0.4, 0.5) is 10.5 Å². The molecule has 344 valence electrons. The molecule has 2 fully saturated rings. The Labute approximate surface area is 375 Å². The van der Waals surface area contributed by atoms with Gasteiger partial charge in [-0.2, -0.15) is 0 Å². The van der Waals surface area contributed by atoms with E-state index in [1.165, 1.54) is 16.9 Å². The molecule has 8 atom stereocenters. The fraction of sp³-hybridized carbons (Fsp3) is 0.543. The summed E-state index contributed by atoms with van der Waals surface area (Å²) in [6, 6.07) is 8.66. The van der Waals surface area contributed by atoms with Gasteiger partial charge in [0.1, 0.15) is 35.6 Å². The molecule has 1 unspecified atom stereocenters. The summed E-state index contributed by atoms with van der Waals surface area (Å²) in [6.07, 6.45) is 2.86. The largest absolute Gasteiger partial charge is 0.457 e. The molecule has 0 aliphatic carbocycles. The van der Waals surface area contributed by atoms with Crippen molar-refractivity contribution in [2.75, 3.05) is 40.2 Å². The first-order valence-corrected chi connectivity index (χ1v) is 21.3. The average molecular weight is 895 g/mol. The molecule has 6 rings (SSSR count). The number of ether oxygens (including phenoxy) is 4. The number of aromatic nitrogens is 2. The van der Waals surface area contributed by atoms with Gasteiger partial charge < -0.3 is 38.4 Å². The average Bonchev–Trinajstić information content (AvgIpc) is 3.81. The quantitative estimate of drug-likeness (QED) is 0.133. The van der Waals surface area contributed by atoms with E-state index in [1.54, 1.807) is 46.3 Å². The molecule has 0 saturated carbocycles. The number of aryl methyl sites for hydroxylation is 2. The summed E-state index contributed by atoms with van der Waals surface area (Å²) >= 11 is 6.83. The highest BCUT2D eigenvalue weighted by Crippen LogP contribution is 2.49. The number of esters is 1. The maximum atomic E-state index is 14.3. The number of carbonyl (C=O) groups excluding carboxylic acids is 4. The fourth-order valence-corrected chi connectivity index (χ4v) is 8.72. The Hall–Kier alpha value is -4.84. The summed E-state index contributed by atoms with van der Waals surface area (Å²) in [5.41, 5.74) is 4.90. The minimum atomic E-state index is -1.83. The van der Waals surface area contributed by atoms with E-state index in [9.17, 15) is 24.3 Å². The molecule has 3 aliphatic heterocycles. The number of hydrogen-bond donors (Lipinski definition) is 3. The first-order valence-electron chi connectivity index (χ1n) is 20.9. The zero-order chi connectivity index (χ0) is 45.3. The maximum absolute atomic E-state index is 14.3. The van der Waals surface area contributed by atoms with Crippen LogP contribution in [-0.2, 0) is 52.8 Å². The van der Waals surface area contributed by atoms with Crippen molar-refractivity contribution in [1.82, 2.24) is 30.2 Å². The predicted octanol–water partition coefficient (Wildman–Crippen LogP) is 5.46. The molecule has 63 heavy (non-hydrogen) atoms. The maximum Gasteiger partial charge on any atom is 0.409 e. The molecule has 17 heteroatoms. The predicted molar refractivity (Wildman–Crippen MR) is 241 cm³/mol. The van der Waals surface area contributed by atoms with Crippen LogP contribution in [0.25, 0.3) is 11.0 Å². The van der Waals surface area contributed by atoms with E-state index in [2.05, 4.69) is 15.7 Å². The molecule has 3 N–H and O–H groups in total. The van der Waals surface area contributed by atoms with Crippen LogP contribution < -0.4 is 15.6 Å². The van der Waals surface area contributed by atoms with Crippen molar-refractivity contribution >= 4 is 52.2 Å². The van der Waals surface area contributed by atoms with Crippen LogP contribution in [0.5, 0.6) is 0 Å². The molecule has 16 nitrogen and oxygen atoms in total. The van der Waals surface area contributed by atoms with E-state index >= 15 is 0 Å². The molecule has 2 aromatic heterocycles. The topological polar surface area (TPSA) is 180 Å². The monoisotopic (exact) mass is 893 g/mol. The zero-order valence-corrected chi connectivity index (χ0v) is 38.0. The molecule has 3 aliphatic rings. The van der Waals surface area contributed by atoms with Crippen molar-refractivity contribution < 1.29 is 43.2 Å². The first kappa shape index (κ1) is 49.2. The summed E-state index contributed by atoms with van der Waals surface area (Å²) in [7, 11) is 8.36. The van der Waals surface area contributed by atoms with Crippen LogP contribution in [0.3, 0.4) is 0 Å². The van der Waals surface area contributed by atoms with E-state index in [-0.39, 0.29) is 32.6 Å². The lowest BCUT2D eigenvalue weighted by molar-refractivity contribution is -0.162. The van der Waals surface area contributed by atoms with Crippen molar-refractivity contribution in [2.45, 2.75) is 123 Å². The Morgan fingerprint density at radius 1 is 1.21 bits per heavy atom. The van der Waals surface area contributed by atoms with Gasteiger partial charge in [0, 0.05) is 70.8 Å². The Bertz CT molecular complexity index is 2250. The third-order valence-electron chi connectivity index (χ3n) is 12.6. The number of epoxide rings is 1. The fourth-order valence-electron chi connectivity index (χ4n) is 8.48. The summed E-state index contributed by atoms with van der Waals surface area (Å²) in [5, 5.41) is 17.6. The third-order valence-corrected chi connectivity index (χ3v) is 13.1. The molecule has 3 aromatic rings. The van der Waals surface area contributed by atoms with Crippen molar-refractivity contribution in [2.24, 2.45) is 5.92 Å². The number of likely N-dealkylation sites (N-methyl/N-ethyl adjacent to an activating group) is 1. The van der Waals surface area contributed by atoms with Gasteiger partial charge in [-0.15, -0.1) is 0 Å². The van der Waals surface area contributed by atoms with Gasteiger partial charge in [0.05, 0.1) is 29.8 Å². The number of alkyl carbamates (subject to hydrolysis) is 1. The second-order valence-electron chi connectivity index (χ2n) is 17.1. The number of amides is 3. The van der Waals surface area contributed by atoms with E-state index in [4.69, 9.17) is 30.5 Å². The number of fused-ring (bicyclic) bond motifs is 6. The van der Waals surface area contributed by atoms with Gasteiger partial charge in [-0.05, 0) is 76.6 Å². The lowest BCUT2D eigenvalue weighted by atomic mass is 9.83. The Kier molecular flexibility index (Phi) is 15.5. The highest BCUT2D eigenvalue weighted by atomic mass is 35.5. The number of benzene rings is 1. The number of nitrogens with one attached hydrogen (secondary N) is 2. The van der Waals surface area contributed by atoms with E-state index in [1.807, 2.05) is 80.9 Å². The number of rotatable bonds is 10. The van der Waals surface area contributed by atoms with Gasteiger partial charge >= 0.3 is 12.1 Å². The van der Waals surface area contributed by atoms with E-state index in [0.29, 0.717) is 30.2 Å². The van der Waals surface area contributed by atoms with Crippen LogP contribution in [0.1, 0.15) is 71.2 Å². The number of halogens is 1. The van der Waals surface area contributed by atoms with Crippen molar-refractivity contribution in [3.05, 3.63) is 82.2 Å². The molecular weight excluding hydrogens is 830 g/mol. The summed E-state index contributed by atoms with van der Waals surface area (Å²) < 4.78 is 26.0. The van der Waals surface area contributed by atoms with Crippen LogP contribution >= 0.6 is 11.6 Å². The molecule has 0 spiro atoms. The number of methoxy groups -OCH3 is 1. The zero-order valence-electron chi connectivity index (χ0n) is 37.2. The number of pyridine rings is 1. The summed E-state index contributed by atoms with van der Waals surface area (Å²) in [5.74, 6) is -1.96. The van der Waals surface area contributed by atoms with Gasteiger partial charge in [0.15, 0.2) is 5.72 Å². The number of allylic oxidation sites excluding steroid dienone is 3. The van der Waals surface area contributed by atoms with Crippen molar-refractivity contribution in [3.63, 3.8) is 0 Å². The number of hydrazine groups is 1. The molecule has 4 bridgehead atoms. The normalized spacial score (nSPS) is 28.2. The second-order valence-corrected chi connectivity index (χ2v) is 17.4. The van der Waals surface area contributed by atoms with Crippen molar-refractivity contribution in [3.8, 4) is 0 Å². The van der Waals surface area contributed by atoms with Gasteiger partial charge in [-0.25, -0.2) is 19.6 Å². The van der Waals surface area contributed by atoms with Gasteiger partial charge in [0.25, 0.3) is 0 Å². The Morgan fingerprint density at radius 2 is 1.94 bits per heavy atom. The second kappa shape index (κ2) is 19.9. The van der Waals surface area contributed by atoms with Crippen LogP contribution in [0, 0.1) is 12.8 Å². The smallest absolute Gasteiger partial charge is 0.409 e. The van der Waals surface area contributed by atoms with E-state index in [0.717, 1.165) is 33.4 Å². The molecular formula is C46H64ClN7O9. The Morgan fingerprint density at radius 3 is 2.63 bits per heavy atom. The first-order chi connectivity index (χ1) is 29.3. The number of aliphatic hydroxyl groups is 1. The number of anilines is 1. The van der Waals surface area contributed by atoms with Gasteiger partial charge in [-0.3, -0.25) is 20.3 Å². The number of carbonyl (C=O) groups is 4. The van der Waals surface area contributed by atoms with Crippen LogP contribution in [-0.4, -0.2) is 126 Å². The van der Waals surface area contributed by atoms with Crippen molar-refractivity contribution in [1.29, 1.82) is 0 Å². The minimum Gasteiger partial charge on any atom is -0.457 e. The highest BCUT2D eigenvalue weighted by Gasteiger charge is 2.64. The molecule has 0 radical (unpaired) electrons. The standard InChI is InChI=1S/C45H60ClN7O9.CH4/c1-26-13-11-15-35(59-10)45(58)24-34(60-43(57)49-45)28(3)40-44(5,62-40)36(23-38(55)52(9)33-21-30(19-26)20-27(2)39(33)46)61-42(56)29(4)51(8)37(54)16-18-53-32(25-50(7)47-6)22-31-14-12-17-48-41(31)53;/h11-15,17,20-22,28-29,34-36,40,47,58H,16,18-19,23-25H2,1-10H3,(H,49,57);1H4/b15-11+,26-13+;/t28-,29+,34+,35-,36+,40?,44+,45-;/m1./s1. The lowest BCUT2D eigenvalue weighted by Gasteiger charge is -2.42. The SMILES string of the molecule is C.CNN(C)Cc1cc2cccnc2n1CCC(=O)N(C)[C@@H](C)C(=O)O[C@H]1CC(=O)N(C)c2cc(cc(C)c2Cl)C/C(C)=C/C=C/[C@@H](OC)[C@]2(O)C[C@H](OC(=O)N2)[C@@H](C)C2O[C@]21C. The molecule has 5 heterocycles. The van der Waals surface area contributed by atoms with Crippen LogP contribution in [0.15, 0.2) is 60.3 Å². The number of hydrogen-bond acceptors (Lipinski definition) is 12. The number of nitrogens with zero attached hydrogens (tertiary/aromatic N) is 5. The Balaban J connectivity index is 0.00000748. The third kappa shape index (κ3) is 10.6. The highest BCUT2D eigenvalue weighted by molar-refractivity contribution is 6.34. The lowest BCUT2D eigenvalue weighted by Crippen LogP contribution is -2.63. The summed E-state index contributed by atoms with van der Waals surface area (Å²) in [4.78, 5) is 62.5. The van der Waals surface area contributed by atoms with Crippen LogP contribution in [0.2, 0.25) is 5.02 Å². The minimum absolute atomic E-state index is 0. The van der Waals surface area contributed by atoms with Gasteiger partial charge in [0.2, 0.25) is 11.8 Å². The molecule has 2 saturated heterocycles. The molecule has 3 amide bonds. The van der Waals surface area contributed by atoms with E-state index < -0.39 is 65.7 Å². The summed E-state index contributed by atoms with van der Waals surface area (Å²) in [6.45, 7) is 9.84. The van der Waals surface area contributed by atoms with Gasteiger partial charge in [-0.1, -0.05) is 55.8 Å². The molecule has 1 aromatic carbocycles.